The summed E-state index contributed by atoms with van der Waals surface area (Å²) in [7, 11) is 0. The lowest BCUT2D eigenvalue weighted by Gasteiger charge is -2.24. The summed E-state index contributed by atoms with van der Waals surface area (Å²) in [5, 5.41) is 0. The molecular weight excluding hydrogens is 267 g/mol. The smallest absolute Gasteiger partial charge is 0.255 e. The minimum atomic E-state index is -0.405. The second-order valence-corrected chi connectivity index (χ2v) is 5.05. The zero-order chi connectivity index (χ0) is 15.8. The number of hydrogen-bond donors (Lipinski definition) is 1. The first-order chi connectivity index (χ1) is 10.0. The van der Waals surface area contributed by atoms with Gasteiger partial charge in [0.1, 0.15) is 5.82 Å². The maximum atomic E-state index is 13.4. The van der Waals surface area contributed by atoms with Crippen molar-refractivity contribution < 1.29 is 9.18 Å². The van der Waals surface area contributed by atoms with Gasteiger partial charge in [-0.3, -0.25) is 4.79 Å². The van der Waals surface area contributed by atoms with Gasteiger partial charge in [-0.15, -0.1) is 0 Å². The summed E-state index contributed by atoms with van der Waals surface area (Å²) < 4.78 is 13.4. The fourth-order valence-electron chi connectivity index (χ4n) is 1.98. The van der Waals surface area contributed by atoms with Crippen LogP contribution in [0.4, 0.5) is 4.39 Å². The molecule has 2 N–H and O–H groups in total. The third kappa shape index (κ3) is 4.87. The van der Waals surface area contributed by atoms with E-state index in [0.29, 0.717) is 30.1 Å². The van der Waals surface area contributed by atoms with Crippen LogP contribution in [0, 0.1) is 23.6 Å². The molecule has 0 aliphatic rings. The van der Waals surface area contributed by atoms with Crippen LogP contribution in [0.2, 0.25) is 0 Å². The number of hydrogen-bond acceptors (Lipinski definition) is 2. The quantitative estimate of drug-likeness (QED) is 0.847. The fourth-order valence-corrected chi connectivity index (χ4v) is 1.98. The SMILES string of the molecule is CCC(C)CN(CC)C(=O)c1ccc(F)cc1C#CCN. The van der Waals surface area contributed by atoms with E-state index in [1.54, 1.807) is 4.90 Å². The molecule has 0 bridgehead atoms. The number of amides is 1. The van der Waals surface area contributed by atoms with Gasteiger partial charge >= 0.3 is 0 Å². The van der Waals surface area contributed by atoms with Crippen molar-refractivity contribution in [1.82, 2.24) is 4.90 Å². The minimum absolute atomic E-state index is 0.112. The molecule has 1 aromatic carbocycles. The molecule has 0 aliphatic carbocycles. The second-order valence-electron chi connectivity index (χ2n) is 5.05. The Morgan fingerprint density at radius 1 is 1.43 bits per heavy atom. The monoisotopic (exact) mass is 290 g/mol. The van der Waals surface area contributed by atoms with Crippen LogP contribution in [0.3, 0.4) is 0 Å². The Bertz CT molecular complexity index is 545. The van der Waals surface area contributed by atoms with Crippen LogP contribution in [0.25, 0.3) is 0 Å². The molecule has 1 rings (SSSR count). The van der Waals surface area contributed by atoms with Crippen molar-refractivity contribution in [2.24, 2.45) is 11.7 Å². The van der Waals surface area contributed by atoms with Gasteiger partial charge in [-0.1, -0.05) is 32.1 Å². The first-order valence-electron chi connectivity index (χ1n) is 7.31. The molecule has 1 amide bonds. The highest BCUT2D eigenvalue weighted by atomic mass is 19.1. The van der Waals surface area contributed by atoms with Gasteiger partial charge in [0.05, 0.1) is 12.1 Å². The summed E-state index contributed by atoms with van der Waals surface area (Å²) in [6.45, 7) is 7.62. The van der Waals surface area contributed by atoms with Crippen molar-refractivity contribution >= 4 is 5.91 Å². The van der Waals surface area contributed by atoms with Crippen molar-refractivity contribution in [2.45, 2.75) is 27.2 Å². The average molecular weight is 290 g/mol. The normalized spacial score (nSPS) is 11.5. The van der Waals surface area contributed by atoms with Gasteiger partial charge in [-0.25, -0.2) is 4.39 Å². The molecule has 1 unspecified atom stereocenters. The van der Waals surface area contributed by atoms with Crippen LogP contribution >= 0.6 is 0 Å². The summed E-state index contributed by atoms with van der Waals surface area (Å²) in [5.41, 5.74) is 6.18. The Morgan fingerprint density at radius 2 is 2.14 bits per heavy atom. The second kappa shape index (κ2) is 8.43. The van der Waals surface area contributed by atoms with E-state index in [1.165, 1.54) is 18.2 Å². The van der Waals surface area contributed by atoms with Gasteiger partial charge in [0.25, 0.3) is 5.91 Å². The standard InChI is InChI=1S/C17H23FN2O/c1-4-13(3)12-20(5-2)17(21)16-9-8-15(18)11-14(16)7-6-10-19/h8-9,11,13H,4-5,10,12,19H2,1-3H3. The lowest BCUT2D eigenvalue weighted by Crippen LogP contribution is -2.35. The van der Waals surface area contributed by atoms with Crippen molar-refractivity contribution in [2.75, 3.05) is 19.6 Å². The maximum absolute atomic E-state index is 13.4. The molecule has 1 atom stereocenters. The first-order valence-corrected chi connectivity index (χ1v) is 7.31. The average Bonchev–Trinajstić information content (AvgIpc) is 2.49. The largest absolute Gasteiger partial charge is 0.339 e. The predicted octanol–water partition coefficient (Wildman–Crippen LogP) is 2.64. The molecule has 0 fully saturated rings. The van der Waals surface area contributed by atoms with Crippen LogP contribution < -0.4 is 5.73 Å². The Kier molecular flexibility index (Phi) is 6.90. The van der Waals surface area contributed by atoms with Gasteiger partial charge in [0.15, 0.2) is 0 Å². The number of benzene rings is 1. The van der Waals surface area contributed by atoms with Crippen molar-refractivity contribution in [3.05, 3.63) is 35.1 Å². The molecular formula is C17H23FN2O. The Balaban J connectivity index is 3.09. The molecule has 1 aromatic rings. The number of rotatable bonds is 5. The molecule has 0 heterocycles. The predicted molar refractivity (Wildman–Crippen MR) is 83.4 cm³/mol. The van der Waals surface area contributed by atoms with Crippen LogP contribution in [-0.2, 0) is 0 Å². The molecule has 0 radical (unpaired) electrons. The van der Waals surface area contributed by atoms with Gasteiger partial charge in [-0.05, 0) is 31.0 Å². The highest BCUT2D eigenvalue weighted by Gasteiger charge is 2.19. The van der Waals surface area contributed by atoms with E-state index in [1.807, 2.05) is 6.92 Å². The number of halogens is 1. The molecule has 0 spiro atoms. The number of nitrogens with two attached hydrogens (primary N) is 1. The summed E-state index contributed by atoms with van der Waals surface area (Å²) >= 11 is 0. The van der Waals surface area contributed by atoms with E-state index in [-0.39, 0.29) is 12.5 Å². The van der Waals surface area contributed by atoms with Crippen molar-refractivity contribution in [3.63, 3.8) is 0 Å². The molecule has 21 heavy (non-hydrogen) atoms. The Morgan fingerprint density at radius 3 is 2.71 bits per heavy atom. The topological polar surface area (TPSA) is 46.3 Å². The lowest BCUT2D eigenvalue weighted by molar-refractivity contribution is 0.0740. The summed E-state index contributed by atoms with van der Waals surface area (Å²) in [5.74, 6) is 5.36. The molecule has 114 valence electrons. The van der Waals surface area contributed by atoms with E-state index in [0.717, 1.165) is 6.42 Å². The van der Waals surface area contributed by atoms with E-state index in [2.05, 4.69) is 25.7 Å². The zero-order valence-corrected chi connectivity index (χ0v) is 12.9. The fraction of sp³-hybridized carbons (Fsp3) is 0.471. The van der Waals surface area contributed by atoms with Gasteiger partial charge < -0.3 is 10.6 Å². The number of carbonyl (C=O) groups is 1. The molecule has 4 heteroatoms. The van der Waals surface area contributed by atoms with E-state index < -0.39 is 5.82 Å². The maximum Gasteiger partial charge on any atom is 0.255 e. The van der Waals surface area contributed by atoms with E-state index >= 15 is 0 Å². The summed E-state index contributed by atoms with van der Waals surface area (Å²) in [6.07, 6.45) is 1.01. The van der Waals surface area contributed by atoms with E-state index in [4.69, 9.17) is 5.73 Å². The third-order valence-corrected chi connectivity index (χ3v) is 3.44. The van der Waals surface area contributed by atoms with Crippen LogP contribution in [0.1, 0.15) is 43.1 Å². The number of carbonyl (C=O) groups excluding carboxylic acids is 1. The molecule has 0 aliphatic heterocycles. The lowest BCUT2D eigenvalue weighted by atomic mass is 10.0. The summed E-state index contributed by atoms with van der Waals surface area (Å²) in [4.78, 5) is 14.4. The molecule has 3 nitrogen and oxygen atoms in total. The minimum Gasteiger partial charge on any atom is -0.339 e. The van der Waals surface area contributed by atoms with Gasteiger partial charge in [0.2, 0.25) is 0 Å². The molecule has 0 saturated carbocycles. The van der Waals surface area contributed by atoms with E-state index in [9.17, 15) is 9.18 Å². The van der Waals surface area contributed by atoms with Crippen molar-refractivity contribution in [3.8, 4) is 11.8 Å². The highest BCUT2D eigenvalue weighted by molar-refractivity contribution is 5.96. The Labute approximate surface area is 126 Å². The molecule has 0 saturated heterocycles. The van der Waals surface area contributed by atoms with Gasteiger partial charge in [-0.2, -0.15) is 0 Å². The van der Waals surface area contributed by atoms with Crippen LogP contribution in [0.15, 0.2) is 18.2 Å². The number of nitrogens with zero attached hydrogens (tertiary/aromatic N) is 1. The Hall–Kier alpha value is -1.86. The third-order valence-electron chi connectivity index (χ3n) is 3.44. The van der Waals surface area contributed by atoms with Crippen LogP contribution in [-0.4, -0.2) is 30.4 Å². The highest BCUT2D eigenvalue weighted by Crippen LogP contribution is 2.15. The zero-order valence-electron chi connectivity index (χ0n) is 12.9. The van der Waals surface area contributed by atoms with Crippen LogP contribution in [0.5, 0.6) is 0 Å². The first kappa shape index (κ1) is 17.2. The molecule has 0 aromatic heterocycles. The van der Waals surface area contributed by atoms with Crippen molar-refractivity contribution in [1.29, 1.82) is 0 Å². The van der Waals surface area contributed by atoms with Gasteiger partial charge in [0, 0.05) is 18.7 Å². The summed E-state index contributed by atoms with van der Waals surface area (Å²) in [6, 6.07) is 4.07.